The molecular formula is C24H25NO4S. The molecular weight excluding hydrogens is 398 g/mol. The molecule has 0 aromatic heterocycles. The van der Waals surface area contributed by atoms with Gasteiger partial charge in [-0.1, -0.05) is 60.7 Å². The van der Waals surface area contributed by atoms with Crippen molar-refractivity contribution in [3.05, 3.63) is 83.9 Å². The number of nitrogens with one attached hydrogen (secondary N) is 1. The summed E-state index contributed by atoms with van der Waals surface area (Å²) in [5, 5.41) is 1.48. The molecule has 6 heteroatoms. The highest BCUT2D eigenvalue weighted by atomic mass is 32.2. The van der Waals surface area contributed by atoms with E-state index in [0.29, 0.717) is 17.0 Å². The first-order valence-electron chi connectivity index (χ1n) is 9.61. The maximum atomic E-state index is 12.8. The van der Waals surface area contributed by atoms with Crippen LogP contribution in [0, 0.1) is 6.92 Å². The number of hydrogen-bond acceptors (Lipinski definition) is 4. The predicted molar refractivity (Wildman–Crippen MR) is 120 cm³/mol. The molecule has 3 rings (SSSR count). The summed E-state index contributed by atoms with van der Waals surface area (Å²) in [7, 11) is -2.19. The molecule has 0 heterocycles. The second-order valence-corrected chi connectivity index (χ2v) is 9.53. The third-order valence-corrected chi connectivity index (χ3v) is 6.98. The average molecular weight is 424 g/mol. The monoisotopic (exact) mass is 423 g/mol. The van der Waals surface area contributed by atoms with Gasteiger partial charge >= 0.3 is 0 Å². The second kappa shape index (κ2) is 9.13. The fourth-order valence-corrected chi connectivity index (χ4v) is 4.39. The number of amides is 1. The number of ether oxygens (including phenoxy) is 1. The topological polar surface area (TPSA) is 72.5 Å². The van der Waals surface area contributed by atoms with Gasteiger partial charge in [0.15, 0.2) is 9.84 Å². The molecule has 0 saturated heterocycles. The van der Waals surface area contributed by atoms with E-state index in [4.69, 9.17) is 4.74 Å². The molecule has 3 aromatic carbocycles. The summed E-state index contributed by atoms with van der Waals surface area (Å²) in [6, 6.07) is 22.5. The van der Waals surface area contributed by atoms with E-state index in [1.807, 2.05) is 55.5 Å². The lowest BCUT2D eigenvalue weighted by molar-refractivity contribution is -0.115. The van der Waals surface area contributed by atoms with Crippen molar-refractivity contribution in [3.63, 3.8) is 0 Å². The van der Waals surface area contributed by atoms with Gasteiger partial charge in [-0.05, 0) is 48.2 Å². The molecule has 1 N–H and O–H groups in total. The van der Waals surface area contributed by atoms with Gasteiger partial charge in [0.05, 0.1) is 18.6 Å². The quantitative estimate of drug-likeness (QED) is 0.602. The molecule has 156 valence electrons. The lowest BCUT2D eigenvalue weighted by Gasteiger charge is -2.16. The van der Waals surface area contributed by atoms with E-state index in [1.165, 1.54) is 14.0 Å². The largest absolute Gasteiger partial charge is 0.495 e. The van der Waals surface area contributed by atoms with Crippen molar-refractivity contribution in [2.75, 3.05) is 12.4 Å². The van der Waals surface area contributed by atoms with E-state index in [9.17, 15) is 13.2 Å². The van der Waals surface area contributed by atoms with Crippen LogP contribution < -0.4 is 10.1 Å². The smallest absolute Gasteiger partial charge is 0.242 e. The molecule has 0 aliphatic heterocycles. The van der Waals surface area contributed by atoms with Crippen LogP contribution in [0.5, 0.6) is 5.75 Å². The maximum Gasteiger partial charge on any atom is 0.242 e. The molecule has 0 bridgehead atoms. The number of sulfone groups is 1. The standard InChI is InChI=1S/C24H25NO4S/c1-17-9-14-23(29-3)22(15-17)25-24(26)18(2)30(27,28)16-19-10-12-21(13-11-19)20-7-5-4-6-8-20/h4-15,18H,16H2,1-3H3,(H,25,26)/t18-/m1/s1. The minimum Gasteiger partial charge on any atom is -0.495 e. The van der Waals surface area contributed by atoms with Crippen LogP contribution in [-0.2, 0) is 20.4 Å². The molecule has 0 saturated carbocycles. The van der Waals surface area contributed by atoms with Gasteiger partial charge in [-0.3, -0.25) is 4.79 Å². The SMILES string of the molecule is COc1ccc(C)cc1NC(=O)[C@@H](C)S(=O)(=O)Cc1ccc(-c2ccccc2)cc1. The summed E-state index contributed by atoms with van der Waals surface area (Å²) < 4.78 is 30.9. The molecule has 1 atom stereocenters. The third kappa shape index (κ3) is 5.07. The van der Waals surface area contributed by atoms with Crippen molar-refractivity contribution in [2.24, 2.45) is 0 Å². The second-order valence-electron chi connectivity index (χ2n) is 7.21. The molecule has 30 heavy (non-hydrogen) atoms. The number of carbonyl (C=O) groups excluding carboxylic acids is 1. The number of aryl methyl sites for hydroxylation is 1. The summed E-state index contributed by atoms with van der Waals surface area (Å²) in [6.45, 7) is 3.29. The Hall–Kier alpha value is -3.12. The first-order valence-corrected chi connectivity index (χ1v) is 11.3. The van der Waals surface area contributed by atoms with Crippen molar-refractivity contribution in [2.45, 2.75) is 24.9 Å². The summed E-state index contributed by atoms with van der Waals surface area (Å²) in [6.07, 6.45) is 0. The van der Waals surface area contributed by atoms with Crippen LogP contribution in [0.15, 0.2) is 72.8 Å². The van der Waals surface area contributed by atoms with Crippen molar-refractivity contribution in [1.82, 2.24) is 0 Å². The van der Waals surface area contributed by atoms with Crippen LogP contribution in [0.1, 0.15) is 18.1 Å². The van der Waals surface area contributed by atoms with E-state index in [1.54, 1.807) is 24.3 Å². The number of rotatable bonds is 7. The van der Waals surface area contributed by atoms with Crippen LogP contribution in [0.3, 0.4) is 0 Å². The molecule has 0 fully saturated rings. The Morgan fingerprint density at radius 1 is 0.967 bits per heavy atom. The highest BCUT2D eigenvalue weighted by Crippen LogP contribution is 2.26. The van der Waals surface area contributed by atoms with Gasteiger partial charge in [0.1, 0.15) is 11.0 Å². The van der Waals surface area contributed by atoms with Crippen molar-refractivity contribution in [1.29, 1.82) is 0 Å². The number of methoxy groups -OCH3 is 1. The van der Waals surface area contributed by atoms with E-state index in [0.717, 1.165) is 16.7 Å². The lowest BCUT2D eigenvalue weighted by atomic mass is 10.0. The maximum absolute atomic E-state index is 12.8. The van der Waals surface area contributed by atoms with E-state index in [2.05, 4.69) is 5.32 Å². The number of carbonyl (C=O) groups is 1. The van der Waals surface area contributed by atoms with E-state index < -0.39 is 21.0 Å². The van der Waals surface area contributed by atoms with Gasteiger partial charge in [-0.15, -0.1) is 0 Å². The zero-order valence-electron chi connectivity index (χ0n) is 17.3. The van der Waals surface area contributed by atoms with Gasteiger partial charge < -0.3 is 10.1 Å². The summed E-state index contributed by atoms with van der Waals surface area (Å²) >= 11 is 0. The molecule has 0 radical (unpaired) electrons. The minimum atomic E-state index is -3.69. The molecule has 5 nitrogen and oxygen atoms in total. The minimum absolute atomic E-state index is 0.207. The Morgan fingerprint density at radius 3 is 2.23 bits per heavy atom. The summed E-state index contributed by atoms with van der Waals surface area (Å²) in [5.41, 5.74) is 4.10. The number of benzene rings is 3. The highest BCUT2D eigenvalue weighted by Gasteiger charge is 2.28. The average Bonchev–Trinajstić information content (AvgIpc) is 2.74. The Balaban J connectivity index is 1.72. The van der Waals surface area contributed by atoms with Crippen LogP contribution in [0.2, 0.25) is 0 Å². The number of anilines is 1. The van der Waals surface area contributed by atoms with Gasteiger partial charge in [0.25, 0.3) is 0 Å². The molecule has 0 unspecified atom stereocenters. The van der Waals surface area contributed by atoms with Crippen molar-refractivity contribution >= 4 is 21.4 Å². The van der Waals surface area contributed by atoms with Gasteiger partial charge in [-0.2, -0.15) is 0 Å². The Kier molecular flexibility index (Phi) is 6.57. The molecule has 0 aliphatic carbocycles. The molecule has 0 spiro atoms. The van der Waals surface area contributed by atoms with Gasteiger partial charge in [0, 0.05) is 0 Å². The normalized spacial score (nSPS) is 12.2. The van der Waals surface area contributed by atoms with Crippen LogP contribution in [-0.4, -0.2) is 26.7 Å². The zero-order valence-corrected chi connectivity index (χ0v) is 18.1. The third-order valence-electron chi connectivity index (χ3n) is 4.95. The van der Waals surface area contributed by atoms with E-state index in [-0.39, 0.29) is 5.75 Å². The number of hydrogen-bond donors (Lipinski definition) is 1. The van der Waals surface area contributed by atoms with Crippen LogP contribution in [0.25, 0.3) is 11.1 Å². The van der Waals surface area contributed by atoms with E-state index >= 15 is 0 Å². The predicted octanol–water partition coefficient (Wildman–Crippen LogP) is 4.61. The first-order chi connectivity index (χ1) is 14.3. The van der Waals surface area contributed by atoms with Crippen LogP contribution in [0.4, 0.5) is 5.69 Å². The molecule has 1 amide bonds. The zero-order chi connectivity index (χ0) is 21.7. The van der Waals surface area contributed by atoms with Crippen molar-refractivity contribution < 1.29 is 17.9 Å². The molecule has 0 aliphatic rings. The summed E-state index contributed by atoms with van der Waals surface area (Å²) in [4.78, 5) is 12.6. The Bertz CT molecular complexity index is 1120. The highest BCUT2D eigenvalue weighted by molar-refractivity contribution is 7.92. The fraction of sp³-hybridized carbons (Fsp3) is 0.208. The Morgan fingerprint density at radius 2 is 1.60 bits per heavy atom. The summed E-state index contributed by atoms with van der Waals surface area (Å²) in [5.74, 6) is -0.309. The Labute approximate surface area is 177 Å². The first kappa shape index (κ1) is 21.6. The molecule has 3 aromatic rings. The van der Waals surface area contributed by atoms with Gasteiger partial charge in [-0.25, -0.2) is 8.42 Å². The van der Waals surface area contributed by atoms with Gasteiger partial charge in [0.2, 0.25) is 5.91 Å². The fourth-order valence-electron chi connectivity index (χ4n) is 3.10. The lowest BCUT2D eigenvalue weighted by Crippen LogP contribution is -2.33. The van der Waals surface area contributed by atoms with Crippen molar-refractivity contribution in [3.8, 4) is 16.9 Å². The van der Waals surface area contributed by atoms with Crippen LogP contribution >= 0.6 is 0 Å².